The van der Waals surface area contributed by atoms with Gasteiger partial charge in [0.15, 0.2) is 0 Å². The number of benzene rings is 2. The zero-order valence-corrected chi connectivity index (χ0v) is 15.5. The number of hydrogen-bond donors (Lipinski definition) is 1. The second-order valence-electron chi connectivity index (χ2n) is 7.46. The van der Waals surface area contributed by atoms with E-state index in [9.17, 15) is 4.79 Å². The van der Waals surface area contributed by atoms with E-state index in [4.69, 9.17) is 4.74 Å². The summed E-state index contributed by atoms with van der Waals surface area (Å²) in [7, 11) is 1.66. The van der Waals surface area contributed by atoms with Crippen LogP contribution in [-0.4, -0.2) is 25.2 Å². The first-order chi connectivity index (χ1) is 12.5. The van der Waals surface area contributed by atoms with Crippen LogP contribution in [0, 0.1) is 0 Å². The van der Waals surface area contributed by atoms with Crippen molar-refractivity contribution in [2.75, 3.05) is 18.6 Å². The monoisotopic (exact) mass is 348 g/mol. The zero-order chi connectivity index (χ0) is 18.4. The van der Waals surface area contributed by atoms with Crippen molar-refractivity contribution in [1.82, 2.24) is 5.32 Å². The topological polar surface area (TPSA) is 41.6 Å². The van der Waals surface area contributed by atoms with E-state index in [-0.39, 0.29) is 11.3 Å². The Labute approximate surface area is 154 Å². The van der Waals surface area contributed by atoms with Gasteiger partial charge in [-0.2, -0.15) is 0 Å². The maximum absolute atomic E-state index is 12.4. The summed E-state index contributed by atoms with van der Waals surface area (Å²) in [4.78, 5) is 14.7. The lowest BCUT2D eigenvalue weighted by molar-refractivity contribution is -0.124. The Bertz CT molecular complexity index is 870. The van der Waals surface area contributed by atoms with Gasteiger partial charge in [-0.1, -0.05) is 50.3 Å². The second-order valence-corrected chi connectivity index (χ2v) is 7.46. The number of carbonyl (C=O) groups is 1. The highest BCUT2D eigenvalue weighted by molar-refractivity contribution is 5.84. The van der Waals surface area contributed by atoms with Crippen LogP contribution in [0.4, 0.5) is 5.69 Å². The summed E-state index contributed by atoms with van der Waals surface area (Å²) < 4.78 is 5.23. The van der Waals surface area contributed by atoms with E-state index in [1.54, 1.807) is 7.11 Å². The van der Waals surface area contributed by atoms with Gasteiger partial charge in [-0.25, -0.2) is 0 Å². The van der Waals surface area contributed by atoms with Gasteiger partial charge in [0.25, 0.3) is 0 Å². The number of fused-ring (bicyclic) bond motifs is 3. The van der Waals surface area contributed by atoms with Gasteiger partial charge in [-0.15, -0.1) is 0 Å². The molecule has 2 heterocycles. The predicted molar refractivity (Wildman–Crippen MR) is 104 cm³/mol. The molecule has 4 rings (SSSR count). The SMILES string of the molecule is COc1ccc(/C=C/[C@@]23NC(=O)CCN2c2ccccc2C3(C)C)cc1. The molecule has 4 nitrogen and oxygen atoms in total. The molecule has 2 aliphatic heterocycles. The van der Waals surface area contributed by atoms with Crippen molar-refractivity contribution < 1.29 is 9.53 Å². The third-order valence-electron chi connectivity index (χ3n) is 5.77. The number of rotatable bonds is 3. The number of carbonyl (C=O) groups excluding carboxylic acids is 1. The Morgan fingerprint density at radius 3 is 2.58 bits per heavy atom. The van der Waals surface area contributed by atoms with Crippen LogP contribution in [0.3, 0.4) is 0 Å². The van der Waals surface area contributed by atoms with Crippen molar-refractivity contribution in [3.8, 4) is 5.75 Å². The van der Waals surface area contributed by atoms with E-state index in [1.807, 2.05) is 24.3 Å². The van der Waals surface area contributed by atoms with Crippen molar-refractivity contribution in [2.45, 2.75) is 31.3 Å². The number of nitrogens with zero attached hydrogens (tertiary/aromatic N) is 1. The third-order valence-corrected chi connectivity index (χ3v) is 5.77. The Morgan fingerprint density at radius 2 is 1.85 bits per heavy atom. The molecule has 26 heavy (non-hydrogen) atoms. The zero-order valence-electron chi connectivity index (χ0n) is 15.5. The number of nitrogens with one attached hydrogen (secondary N) is 1. The van der Waals surface area contributed by atoms with Crippen LogP contribution in [0.2, 0.25) is 0 Å². The first-order valence-corrected chi connectivity index (χ1v) is 8.99. The minimum absolute atomic E-state index is 0.0986. The third kappa shape index (κ3) is 2.32. The van der Waals surface area contributed by atoms with Crippen LogP contribution in [0.5, 0.6) is 5.75 Å². The summed E-state index contributed by atoms with van der Waals surface area (Å²) in [5.41, 5.74) is 2.74. The molecule has 1 atom stereocenters. The fourth-order valence-electron chi connectivity index (χ4n) is 4.25. The van der Waals surface area contributed by atoms with Crippen molar-refractivity contribution in [3.05, 3.63) is 65.7 Å². The number of hydrogen-bond acceptors (Lipinski definition) is 3. The lowest BCUT2D eigenvalue weighted by atomic mass is 9.74. The van der Waals surface area contributed by atoms with Gasteiger partial charge in [0.2, 0.25) is 5.91 Å². The highest BCUT2D eigenvalue weighted by atomic mass is 16.5. The highest BCUT2D eigenvalue weighted by Gasteiger charge is 2.57. The second kappa shape index (κ2) is 5.90. The number of para-hydroxylation sites is 1. The molecule has 1 saturated heterocycles. The van der Waals surface area contributed by atoms with E-state index in [0.717, 1.165) is 17.9 Å². The molecule has 0 radical (unpaired) electrons. The molecule has 0 saturated carbocycles. The summed E-state index contributed by atoms with van der Waals surface area (Å²) in [5.74, 6) is 0.933. The fourth-order valence-corrected chi connectivity index (χ4v) is 4.25. The smallest absolute Gasteiger partial charge is 0.223 e. The van der Waals surface area contributed by atoms with Crippen LogP contribution in [0.15, 0.2) is 54.6 Å². The summed E-state index contributed by atoms with van der Waals surface area (Å²) in [5, 5.41) is 3.30. The molecule has 2 aromatic rings. The average molecular weight is 348 g/mol. The predicted octanol–water partition coefficient (Wildman–Crippen LogP) is 3.72. The molecular formula is C22H24N2O2. The van der Waals surface area contributed by atoms with Crippen molar-refractivity contribution in [1.29, 1.82) is 0 Å². The molecule has 1 amide bonds. The minimum Gasteiger partial charge on any atom is -0.497 e. The number of amides is 1. The Balaban J connectivity index is 1.79. The van der Waals surface area contributed by atoms with E-state index < -0.39 is 5.66 Å². The van der Waals surface area contributed by atoms with Crippen LogP contribution < -0.4 is 15.0 Å². The van der Waals surface area contributed by atoms with Crippen molar-refractivity contribution >= 4 is 17.7 Å². The highest BCUT2D eigenvalue weighted by Crippen LogP contribution is 2.52. The molecule has 1 fully saturated rings. The fraction of sp³-hybridized carbons (Fsp3) is 0.318. The lowest BCUT2D eigenvalue weighted by Crippen LogP contribution is -2.68. The first-order valence-electron chi connectivity index (χ1n) is 8.99. The van der Waals surface area contributed by atoms with Crippen LogP contribution in [0.1, 0.15) is 31.4 Å². The maximum Gasteiger partial charge on any atom is 0.223 e. The molecule has 0 aliphatic carbocycles. The van der Waals surface area contributed by atoms with E-state index in [0.29, 0.717) is 6.42 Å². The molecule has 0 spiro atoms. The van der Waals surface area contributed by atoms with Crippen LogP contribution in [-0.2, 0) is 10.2 Å². The van der Waals surface area contributed by atoms with Crippen LogP contribution >= 0.6 is 0 Å². The average Bonchev–Trinajstić information content (AvgIpc) is 2.85. The summed E-state index contributed by atoms with van der Waals surface area (Å²) >= 11 is 0. The standard InChI is InChI=1S/C22H24N2O2/c1-21(2)18-6-4-5-7-19(18)24-15-13-20(25)23-22(21,24)14-12-16-8-10-17(26-3)11-9-16/h4-12,14H,13,15H2,1-3H3,(H,23,25)/b14-12+/t22-/m1/s1. The molecule has 2 aromatic carbocycles. The summed E-state index contributed by atoms with van der Waals surface area (Å²) in [6.45, 7) is 5.13. The number of methoxy groups -OCH3 is 1. The van der Waals surface area contributed by atoms with Gasteiger partial charge in [0.1, 0.15) is 11.4 Å². The lowest BCUT2D eigenvalue weighted by Gasteiger charge is -2.49. The van der Waals surface area contributed by atoms with Gasteiger partial charge in [-0.05, 0) is 35.4 Å². The molecule has 0 bridgehead atoms. The molecular weight excluding hydrogens is 324 g/mol. The Kier molecular flexibility index (Phi) is 3.79. The minimum atomic E-state index is -0.564. The largest absolute Gasteiger partial charge is 0.497 e. The van der Waals surface area contributed by atoms with Gasteiger partial charge in [-0.3, -0.25) is 4.79 Å². The summed E-state index contributed by atoms with van der Waals surface area (Å²) in [6, 6.07) is 16.4. The molecule has 2 aliphatic rings. The van der Waals surface area contributed by atoms with E-state index in [2.05, 4.69) is 60.5 Å². The van der Waals surface area contributed by atoms with E-state index in [1.165, 1.54) is 11.3 Å². The van der Waals surface area contributed by atoms with Gasteiger partial charge in [0.05, 0.1) is 7.11 Å². The summed E-state index contributed by atoms with van der Waals surface area (Å²) in [6.07, 6.45) is 4.75. The quantitative estimate of drug-likeness (QED) is 0.919. The molecule has 1 N–H and O–H groups in total. The molecule has 0 unspecified atom stereocenters. The Morgan fingerprint density at radius 1 is 1.12 bits per heavy atom. The molecule has 4 heteroatoms. The number of ether oxygens (including phenoxy) is 1. The first kappa shape index (κ1) is 16.7. The normalized spacial score (nSPS) is 23.5. The Hall–Kier alpha value is -2.75. The van der Waals surface area contributed by atoms with Crippen LogP contribution in [0.25, 0.3) is 6.08 Å². The van der Waals surface area contributed by atoms with Crippen molar-refractivity contribution in [3.63, 3.8) is 0 Å². The van der Waals surface area contributed by atoms with Gasteiger partial charge >= 0.3 is 0 Å². The van der Waals surface area contributed by atoms with Gasteiger partial charge in [0, 0.05) is 24.1 Å². The molecule has 0 aromatic heterocycles. The van der Waals surface area contributed by atoms with Crippen molar-refractivity contribution in [2.24, 2.45) is 0 Å². The maximum atomic E-state index is 12.4. The number of anilines is 1. The van der Waals surface area contributed by atoms with Gasteiger partial charge < -0.3 is 15.0 Å². The molecule has 134 valence electrons. The van der Waals surface area contributed by atoms with E-state index >= 15 is 0 Å².